The summed E-state index contributed by atoms with van der Waals surface area (Å²) in [6.07, 6.45) is 3.07. The van der Waals surface area contributed by atoms with Gasteiger partial charge in [0.1, 0.15) is 17.3 Å². The van der Waals surface area contributed by atoms with Crippen LogP contribution < -0.4 is 9.47 Å². The fourth-order valence-electron chi connectivity index (χ4n) is 1.92. The quantitative estimate of drug-likeness (QED) is 0.769. The van der Waals surface area contributed by atoms with Crippen LogP contribution >= 0.6 is 0 Å². The van der Waals surface area contributed by atoms with Crippen molar-refractivity contribution in [2.75, 3.05) is 0 Å². The number of ketones is 1. The molecule has 0 aliphatic heterocycles. The molecule has 0 amide bonds. The molecule has 0 atom stereocenters. The first-order valence-corrected chi connectivity index (χ1v) is 7.42. The molecular weight excluding hydrogens is 278 g/mol. The van der Waals surface area contributed by atoms with E-state index in [0.717, 1.165) is 17.7 Å². The predicted octanol–water partition coefficient (Wildman–Crippen LogP) is 4.18. The highest BCUT2D eigenvalue weighted by molar-refractivity contribution is 5.75. The van der Waals surface area contributed by atoms with Crippen molar-refractivity contribution in [1.82, 2.24) is 4.98 Å². The van der Waals surface area contributed by atoms with Crippen LogP contribution in [0, 0.1) is 0 Å². The van der Waals surface area contributed by atoms with E-state index in [1.807, 2.05) is 44.2 Å². The molecule has 0 saturated heterocycles. The monoisotopic (exact) mass is 299 g/mol. The van der Waals surface area contributed by atoms with Crippen molar-refractivity contribution in [3.63, 3.8) is 0 Å². The summed E-state index contributed by atoms with van der Waals surface area (Å²) in [5, 5.41) is 0. The van der Waals surface area contributed by atoms with Crippen molar-refractivity contribution in [2.45, 2.75) is 39.7 Å². The van der Waals surface area contributed by atoms with Gasteiger partial charge in [-0.1, -0.05) is 12.1 Å². The van der Waals surface area contributed by atoms with Gasteiger partial charge in [-0.25, -0.2) is 4.98 Å². The lowest BCUT2D eigenvalue weighted by atomic mass is 10.1. The number of hydrogen-bond donors (Lipinski definition) is 0. The fraction of sp³-hybridized carbons (Fsp3) is 0.333. The summed E-state index contributed by atoms with van der Waals surface area (Å²) < 4.78 is 11.2. The van der Waals surface area contributed by atoms with E-state index < -0.39 is 0 Å². The number of rotatable bonds is 7. The number of aromatic nitrogens is 1. The summed E-state index contributed by atoms with van der Waals surface area (Å²) >= 11 is 0. The van der Waals surface area contributed by atoms with Crippen molar-refractivity contribution < 1.29 is 14.3 Å². The highest BCUT2D eigenvalue weighted by atomic mass is 16.5. The third kappa shape index (κ3) is 5.20. The Morgan fingerprint density at radius 1 is 1.09 bits per heavy atom. The van der Waals surface area contributed by atoms with Crippen LogP contribution in [0.3, 0.4) is 0 Å². The van der Waals surface area contributed by atoms with E-state index >= 15 is 0 Å². The highest BCUT2D eigenvalue weighted by Crippen LogP contribution is 2.23. The molecule has 0 saturated carbocycles. The molecule has 2 rings (SSSR count). The second-order valence-corrected chi connectivity index (χ2v) is 5.45. The van der Waals surface area contributed by atoms with E-state index in [9.17, 15) is 4.79 Å². The van der Waals surface area contributed by atoms with Crippen molar-refractivity contribution in [3.8, 4) is 17.4 Å². The van der Waals surface area contributed by atoms with E-state index in [0.29, 0.717) is 18.1 Å². The Morgan fingerprint density at radius 3 is 2.32 bits per heavy atom. The first-order valence-electron chi connectivity index (χ1n) is 7.42. The van der Waals surface area contributed by atoms with Gasteiger partial charge in [-0.15, -0.1) is 0 Å². The van der Waals surface area contributed by atoms with Crippen LogP contribution in [-0.2, 0) is 11.2 Å². The Balaban J connectivity index is 1.94. The maximum Gasteiger partial charge on any atom is 0.213 e. The zero-order valence-electron chi connectivity index (χ0n) is 13.2. The Kier molecular flexibility index (Phi) is 5.53. The average Bonchev–Trinajstić information content (AvgIpc) is 2.48. The molecule has 1 heterocycles. The molecule has 0 spiro atoms. The lowest BCUT2D eigenvalue weighted by Gasteiger charge is -2.10. The summed E-state index contributed by atoms with van der Waals surface area (Å²) in [6.45, 7) is 5.52. The molecule has 4 heteroatoms. The number of ether oxygens (including phenoxy) is 2. The molecule has 0 bridgehead atoms. The van der Waals surface area contributed by atoms with Gasteiger partial charge >= 0.3 is 0 Å². The van der Waals surface area contributed by atoms with Crippen LogP contribution in [0.1, 0.15) is 32.8 Å². The van der Waals surface area contributed by atoms with Gasteiger partial charge in [0, 0.05) is 12.5 Å². The number of pyridine rings is 1. The van der Waals surface area contributed by atoms with Crippen LogP contribution in [-0.4, -0.2) is 16.9 Å². The minimum absolute atomic E-state index is 0.0989. The Morgan fingerprint density at radius 2 is 1.77 bits per heavy atom. The van der Waals surface area contributed by atoms with Gasteiger partial charge in [-0.2, -0.15) is 0 Å². The van der Waals surface area contributed by atoms with Gasteiger partial charge in [-0.3, -0.25) is 0 Å². The summed E-state index contributed by atoms with van der Waals surface area (Å²) in [4.78, 5) is 15.2. The first-order chi connectivity index (χ1) is 10.5. The number of Topliss-reactive ketones (excluding diaryl/α,β-unsaturated/α-hetero) is 1. The predicted molar refractivity (Wildman–Crippen MR) is 85.5 cm³/mol. The van der Waals surface area contributed by atoms with Gasteiger partial charge < -0.3 is 14.3 Å². The zero-order valence-corrected chi connectivity index (χ0v) is 13.2. The van der Waals surface area contributed by atoms with Crippen LogP contribution in [0.5, 0.6) is 17.4 Å². The smallest absolute Gasteiger partial charge is 0.213 e. The van der Waals surface area contributed by atoms with Crippen molar-refractivity contribution in [1.29, 1.82) is 0 Å². The standard InChI is InChI=1S/C18H21NO3/c1-13(2)21-18-11-10-17(12-19-18)22-16-8-6-15(7-9-16)5-4-14(3)20/h6-13H,4-5H2,1-3H3. The topological polar surface area (TPSA) is 48.4 Å². The average molecular weight is 299 g/mol. The molecule has 0 unspecified atom stereocenters. The second-order valence-electron chi connectivity index (χ2n) is 5.45. The van der Waals surface area contributed by atoms with Crippen molar-refractivity contribution >= 4 is 5.78 Å². The van der Waals surface area contributed by atoms with Gasteiger partial charge in [-0.05, 0) is 51.0 Å². The number of aryl methyl sites for hydroxylation is 1. The summed E-state index contributed by atoms with van der Waals surface area (Å²) in [7, 11) is 0. The zero-order chi connectivity index (χ0) is 15.9. The Bertz CT molecular complexity index is 603. The van der Waals surface area contributed by atoms with Crippen LogP contribution in [0.15, 0.2) is 42.6 Å². The van der Waals surface area contributed by atoms with E-state index in [1.54, 1.807) is 19.2 Å². The van der Waals surface area contributed by atoms with Crippen LogP contribution in [0.25, 0.3) is 0 Å². The van der Waals surface area contributed by atoms with Crippen LogP contribution in [0.4, 0.5) is 0 Å². The van der Waals surface area contributed by atoms with E-state index in [4.69, 9.17) is 9.47 Å². The fourth-order valence-corrected chi connectivity index (χ4v) is 1.92. The van der Waals surface area contributed by atoms with Gasteiger partial charge in [0.05, 0.1) is 12.3 Å². The SMILES string of the molecule is CC(=O)CCc1ccc(Oc2ccc(OC(C)C)nc2)cc1. The minimum Gasteiger partial charge on any atom is -0.475 e. The molecule has 116 valence electrons. The molecule has 0 radical (unpaired) electrons. The molecule has 0 N–H and O–H groups in total. The molecule has 22 heavy (non-hydrogen) atoms. The molecule has 0 aliphatic rings. The number of carbonyl (C=O) groups excluding carboxylic acids is 1. The summed E-state index contributed by atoms with van der Waals surface area (Å²) in [6, 6.07) is 11.4. The summed E-state index contributed by atoms with van der Waals surface area (Å²) in [5.74, 6) is 2.19. The molecule has 1 aromatic carbocycles. The van der Waals surface area contributed by atoms with E-state index in [2.05, 4.69) is 4.98 Å². The largest absolute Gasteiger partial charge is 0.475 e. The van der Waals surface area contributed by atoms with E-state index in [-0.39, 0.29) is 11.9 Å². The lowest BCUT2D eigenvalue weighted by molar-refractivity contribution is -0.116. The third-order valence-electron chi connectivity index (χ3n) is 2.99. The highest BCUT2D eigenvalue weighted by Gasteiger charge is 2.02. The normalized spacial score (nSPS) is 10.5. The molecule has 1 aromatic heterocycles. The van der Waals surface area contributed by atoms with Gasteiger partial charge in [0.15, 0.2) is 0 Å². The minimum atomic E-state index is 0.0989. The van der Waals surface area contributed by atoms with Gasteiger partial charge in [0.2, 0.25) is 5.88 Å². The number of nitrogens with zero attached hydrogens (tertiary/aromatic N) is 1. The Hall–Kier alpha value is -2.36. The third-order valence-corrected chi connectivity index (χ3v) is 2.99. The molecular formula is C18H21NO3. The van der Waals surface area contributed by atoms with E-state index in [1.165, 1.54) is 0 Å². The van der Waals surface area contributed by atoms with Crippen molar-refractivity contribution in [3.05, 3.63) is 48.2 Å². The molecule has 0 fully saturated rings. The number of benzene rings is 1. The number of carbonyl (C=O) groups is 1. The lowest BCUT2D eigenvalue weighted by Crippen LogP contribution is -2.06. The summed E-state index contributed by atoms with van der Waals surface area (Å²) in [5.41, 5.74) is 1.13. The second kappa shape index (κ2) is 7.59. The van der Waals surface area contributed by atoms with Crippen molar-refractivity contribution in [2.24, 2.45) is 0 Å². The van der Waals surface area contributed by atoms with Crippen LogP contribution in [0.2, 0.25) is 0 Å². The maximum absolute atomic E-state index is 11.0. The number of hydrogen-bond acceptors (Lipinski definition) is 4. The Labute approximate surface area is 131 Å². The molecule has 0 aliphatic carbocycles. The van der Waals surface area contributed by atoms with Gasteiger partial charge in [0.25, 0.3) is 0 Å². The maximum atomic E-state index is 11.0. The molecule has 2 aromatic rings. The molecule has 4 nitrogen and oxygen atoms in total. The first kappa shape index (κ1) is 16.0.